The molecule has 0 bridgehead atoms. The zero-order valence-corrected chi connectivity index (χ0v) is 8.95. The van der Waals surface area contributed by atoms with Gasteiger partial charge in [0.25, 0.3) is 0 Å². The molecule has 2 N–H and O–H groups in total. The van der Waals surface area contributed by atoms with Crippen LogP contribution in [-0.2, 0) is 6.54 Å². The molecule has 5 heteroatoms. The van der Waals surface area contributed by atoms with Crippen LogP contribution < -0.4 is 10.6 Å². The summed E-state index contributed by atoms with van der Waals surface area (Å²) in [6, 6.07) is 0. The van der Waals surface area contributed by atoms with E-state index in [4.69, 9.17) is 0 Å². The average Bonchev–Trinajstić information content (AvgIpc) is 2.52. The minimum atomic E-state index is 0.884. The van der Waals surface area contributed by atoms with Gasteiger partial charge in [-0.25, -0.2) is 0 Å². The predicted molar refractivity (Wildman–Crippen MR) is 54.9 cm³/mol. The van der Waals surface area contributed by atoms with Crippen LogP contribution in [0.4, 0.5) is 0 Å². The summed E-state index contributed by atoms with van der Waals surface area (Å²) in [6.07, 6.45) is 0. The maximum Gasteiger partial charge on any atom is 0.0769 e. The molecule has 0 saturated carbocycles. The van der Waals surface area contributed by atoms with Crippen molar-refractivity contribution in [3.05, 3.63) is 10.6 Å². The Morgan fingerprint density at radius 1 is 1.31 bits per heavy atom. The van der Waals surface area contributed by atoms with Crippen molar-refractivity contribution in [2.24, 2.45) is 0 Å². The Bertz CT molecular complexity index is 236. The van der Waals surface area contributed by atoms with Gasteiger partial charge in [0.1, 0.15) is 0 Å². The number of nitrogens with zero attached hydrogens (tertiary/aromatic N) is 2. The Hall–Kier alpha value is -0.520. The van der Waals surface area contributed by atoms with Gasteiger partial charge in [-0.1, -0.05) is 11.4 Å². The second kappa shape index (κ2) is 6.01. The molecule has 0 atom stereocenters. The lowest BCUT2D eigenvalue weighted by molar-refractivity contribution is 0.627. The lowest BCUT2D eigenvalue weighted by Gasteiger charge is -2.02. The zero-order chi connectivity index (χ0) is 9.52. The van der Waals surface area contributed by atoms with Crippen LogP contribution in [0.5, 0.6) is 0 Å². The summed E-state index contributed by atoms with van der Waals surface area (Å²) in [5.74, 6) is 0. The van der Waals surface area contributed by atoms with Gasteiger partial charge in [0.15, 0.2) is 0 Å². The fourth-order valence-corrected chi connectivity index (χ4v) is 1.57. The monoisotopic (exact) mass is 200 g/mol. The molecular weight excluding hydrogens is 184 g/mol. The van der Waals surface area contributed by atoms with E-state index in [1.807, 2.05) is 6.92 Å². The van der Waals surface area contributed by atoms with Gasteiger partial charge in [-0.3, -0.25) is 0 Å². The minimum absolute atomic E-state index is 0.884. The maximum atomic E-state index is 3.94. The van der Waals surface area contributed by atoms with Crippen LogP contribution in [0.3, 0.4) is 0 Å². The van der Waals surface area contributed by atoms with E-state index in [0.29, 0.717) is 0 Å². The summed E-state index contributed by atoms with van der Waals surface area (Å²) >= 11 is 1.47. The van der Waals surface area contributed by atoms with Gasteiger partial charge < -0.3 is 10.6 Å². The second-order valence-electron chi connectivity index (χ2n) is 2.81. The highest BCUT2D eigenvalue weighted by Gasteiger charge is 2.00. The molecule has 0 unspecified atom stereocenters. The van der Waals surface area contributed by atoms with Crippen molar-refractivity contribution in [3.8, 4) is 0 Å². The highest BCUT2D eigenvalue weighted by atomic mass is 32.1. The molecule has 0 aromatic carbocycles. The van der Waals surface area contributed by atoms with E-state index in [1.165, 1.54) is 16.4 Å². The number of likely N-dealkylation sites (N-methyl/N-ethyl adjacent to an activating group) is 1. The fourth-order valence-electron chi connectivity index (χ4n) is 0.968. The summed E-state index contributed by atoms with van der Waals surface area (Å²) in [5, 5.41) is 10.5. The molecule has 1 rings (SSSR count). The fraction of sp³-hybridized carbons (Fsp3) is 0.750. The van der Waals surface area contributed by atoms with Gasteiger partial charge in [-0.2, -0.15) is 0 Å². The molecule has 1 heterocycles. The summed E-state index contributed by atoms with van der Waals surface area (Å²) in [7, 11) is 0. The number of nitrogens with one attached hydrogen (secondary N) is 2. The maximum absolute atomic E-state index is 3.94. The van der Waals surface area contributed by atoms with E-state index in [9.17, 15) is 0 Å². The third kappa shape index (κ3) is 3.80. The van der Waals surface area contributed by atoms with E-state index in [1.54, 1.807) is 0 Å². The lowest BCUT2D eigenvalue weighted by Crippen LogP contribution is -2.26. The first-order chi connectivity index (χ1) is 6.34. The molecule has 0 radical (unpaired) electrons. The first-order valence-corrected chi connectivity index (χ1v) is 5.31. The molecule has 74 valence electrons. The molecule has 1 aromatic rings. The molecule has 1 aromatic heterocycles. The van der Waals surface area contributed by atoms with E-state index in [-0.39, 0.29) is 0 Å². The Kier molecular flexibility index (Phi) is 4.88. The smallest absolute Gasteiger partial charge is 0.0769 e. The topological polar surface area (TPSA) is 49.8 Å². The van der Waals surface area contributed by atoms with Gasteiger partial charge in [0, 0.05) is 19.6 Å². The van der Waals surface area contributed by atoms with Gasteiger partial charge in [0.2, 0.25) is 0 Å². The van der Waals surface area contributed by atoms with Crippen LogP contribution in [0, 0.1) is 6.92 Å². The number of aromatic nitrogens is 2. The third-order valence-electron chi connectivity index (χ3n) is 1.76. The lowest BCUT2D eigenvalue weighted by atomic mass is 10.4. The first-order valence-electron chi connectivity index (χ1n) is 4.54. The largest absolute Gasteiger partial charge is 0.316 e. The van der Waals surface area contributed by atoms with Gasteiger partial charge in [-0.05, 0) is 25.0 Å². The second-order valence-corrected chi connectivity index (χ2v) is 3.65. The Labute approximate surface area is 82.9 Å². The Morgan fingerprint density at radius 2 is 2.08 bits per heavy atom. The van der Waals surface area contributed by atoms with Crippen LogP contribution in [0.25, 0.3) is 0 Å². The van der Waals surface area contributed by atoms with Crippen LogP contribution in [0.2, 0.25) is 0 Å². The number of hydrogen-bond acceptors (Lipinski definition) is 5. The van der Waals surface area contributed by atoms with Crippen molar-refractivity contribution < 1.29 is 0 Å². The van der Waals surface area contributed by atoms with E-state index in [0.717, 1.165) is 31.9 Å². The van der Waals surface area contributed by atoms with Crippen molar-refractivity contribution in [1.82, 2.24) is 20.2 Å². The minimum Gasteiger partial charge on any atom is -0.316 e. The molecule has 0 spiro atoms. The van der Waals surface area contributed by atoms with Crippen molar-refractivity contribution in [1.29, 1.82) is 0 Å². The number of aryl methyl sites for hydroxylation is 1. The van der Waals surface area contributed by atoms with Crippen molar-refractivity contribution in [3.63, 3.8) is 0 Å². The highest BCUT2D eigenvalue weighted by Crippen LogP contribution is 2.07. The van der Waals surface area contributed by atoms with Crippen LogP contribution in [0.15, 0.2) is 0 Å². The first kappa shape index (κ1) is 10.6. The van der Waals surface area contributed by atoms with Crippen molar-refractivity contribution >= 4 is 11.5 Å². The summed E-state index contributed by atoms with van der Waals surface area (Å²) in [6.45, 7) is 8.02. The van der Waals surface area contributed by atoms with Crippen LogP contribution in [-0.4, -0.2) is 29.2 Å². The molecule has 4 nitrogen and oxygen atoms in total. The Balaban J connectivity index is 2.10. The SMILES string of the molecule is CCNCCNCc1snnc1C. The third-order valence-corrected chi connectivity index (χ3v) is 2.58. The van der Waals surface area contributed by atoms with Gasteiger partial charge in [-0.15, -0.1) is 5.10 Å². The molecule has 0 saturated heterocycles. The van der Waals surface area contributed by atoms with Gasteiger partial charge >= 0.3 is 0 Å². The quantitative estimate of drug-likeness (QED) is 0.658. The predicted octanol–water partition coefficient (Wildman–Crippen LogP) is 0.546. The summed E-state index contributed by atoms with van der Waals surface area (Å²) in [4.78, 5) is 1.23. The molecule has 13 heavy (non-hydrogen) atoms. The Morgan fingerprint density at radius 3 is 2.69 bits per heavy atom. The standard InChI is InChI=1S/C8H16N4S/c1-3-9-4-5-10-6-8-7(2)11-12-13-8/h9-10H,3-6H2,1-2H3. The van der Waals surface area contributed by atoms with Crippen LogP contribution >= 0.6 is 11.5 Å². The number of rotatable bonds is 6. The van der Waals surface area contributed by atoms with Crippen LogP contribution in [0.1, 0.15) is 17.5 Å². The zero-order valence-electron chi connectivity index (χ0n) is 8.13. The molecule has 0 fully saturated rings. The van der Waals surface area contributed by atoms with E-state index in [2.05, 4.69) is 27.1 Å². The van der Waals surface area contributed by atoms with Crippen molar-refractivity contribution in [2.45, 2.75) is 20.4 Å². The van der Waals surface area contributed by atoms with Crippen molar-refractivity contribution in [2.75, 3.05) is 19.6 Å². The van der Waals surface area contributed by atoms with E-state index < -0.39 is 0 Å². The highest BCUT2D eigenvalue weighted by molar-refractivity contribution is 7.05. The summed E-state index contributed by atoms with van der Waals surface area (Å²) < 4.78 is 3.87. The van der Waals surface area contributed by atoms with Gasteiger partial charge in [0.05, 0.1) is 10.6 Å². The molecule has 0 aliphatic heterocycles. The summed E-state index contributed by atoms with van der Waals surface area (Å²) in [5.41, 5.74) is 1.04. The average molecular weight is 200 g/mol. The molecule has 0 aliphatic rings. The van der Waals surface area contributed by atoms with E-state index >= 15 is 0 Å². The molecular formula is C8H16N4S. The normalized spacial score (nSPS) is 10.6. The molecule has 0 aliphatic carbocycles. The number of hydrogen-bond donors (Lipinski definition) is 2. The molecule has 0 amide bonds.